The Balaban J connectivity index is 2.13. The summed E-state index contributed by atoms with van der Waals surface area (Å²) in [5, 5.41) is 2.99. The molecule has 0 fully saturated rings. The standard InChI is InChI=1S/C16H17NO2/c1-12(13-8-4-3-5-9-13)19-16(18)14-10-6-7-11-15(14)17-2/h3-12,17H,1-2H3. The van der Waals surface area contributed by atoms with Gasteiger partial charge in [0.05, 0.1) is 5.56 Å². The second-order valence-corrected chi connectivity index (χ2v) is 4.25. The first-order chi connectivity index (χ1) is 9.22. The van der Waals surface area contributed by atoms with Gasteiger partial charge in [0.25, 0.3) is 0 Å². The minimum atomic E-state index is -0.318. The van der Waals surface area contributed by atoms with E-state index in [-0.39, 0.29) is 12.1 Å². The zero-order valence-corrected chi connectivity index (χ0v) is 11.1. The first-order valence-corrected chi connectivity index (χ1v) is 6.25. The molecular weight excluding hydrogens is 238 g/mol. The normalized spacial score (nSPS) is 11.7. The molecule has 0 aromatic heterocycles. The van der Waals surface area contributed by atoms with Crippen LogP contribution >= 0.6 is 0 Å². The van der Waals surface area contributed by atoms with E-state index >= 15 is 0 Å². The summed E-state index contributed by atoms with van der Waals surface area (Å²) in [6, 6.07) is 17.0. The lowest BCUT2D eigenvalue weighted by atomic mass is 10.1. The van der Waals surface area contributed by atoms with Crippen LogP contribution in [0.4, 0.5) is 5.69 Å². The third kappa shape index (κ3) is 3.13. The number of carbonyl (C=O) groups excluding carboxylic acids is 1. The van der Waals surface area contributed by atoms with E-state index in [1.54, 1.807) is 13.1 Å². The average Bonchev–Trinajstić information content (AvgIpc) is 2.48. The Bertz CT molecular complexity index is 552. The number of hydrogen-bond donors (Lipinski definition) is 1. The molecule has 1 N–H and O–H groups in total. The number of hydrogen-bond acceptors (Lipinski definition) is 3. The third-order valence-corrected chi connectivity index (χ3v) is 2.97. The maximum Gasteiger partial charge on any atom is 0.340 e. The van der Waals surface area contributed by atoms with Crippen LogP contribution < -0.4 is 5.32 Å². The molecule has 1 unspecified atom stereocenters. The van der Waals surface area contributed by atoms with Crippen molar-refractivity contribution in [1.29, 1.82) is 0 Å². The van der Waals surface area contributed by atoms with Gasteiger partial charge in [-0.3, -0.25) is 0 Å². The fourth-order valence-electron chi connectivity index (χ4n) is 1.90. The molecule has 0 saturated heterocycles. The van der Waals surface area contributed by atoms with Crippen LogP contribution in [0.15, 0.2) is 54.6 Å². The Morgan fingerprint density at radius 1 is 1.05 bits per heavy atom. The van der Waals surface area contributed by atoms with Gasteiger partial charge in [0.1, 0.15) is 6.10 Å². The van der Waals surface area contributed by atoms with Crippen LogP contribution in [0.5, 0.6) is 0 Å². The molecule has 1 atom stereocenters. The number of esters is 1. The predicted molar refractivity (Wildman–Crippen MR) is 76.3 cm³/mol. The van der Waals surface area contributed by atoms with Crippen LogP contribution in [0.3, 0.4) is 0 Å². The fraction of sp³-hybridized carbons (Fsp3) is 0.188. The van der Waals surface area contributed by atoms with Crippen molar-refractivity contribution in [2.75, 3.05) is 12.4 Å². The van der Waals surface area contributed by atoms with Crippen molar-refractivity contribution in [2.45, 2.75) is 13.0 Å². The molecular formula is C16H17NO2. The van der Waals surface area contributed by atoms with E-state index in [1.165, 1.54) is 0 Å². The van der Waals surface area contributed by atoms with Gasteiger partial charge in [0.15, 0.2) is 0 Å². The van der Waals surface area contributed by atoms with E-state index in [9.17, 15) is 4.79 Å². The van der Waals surface area contributed by atoms with Crippen molar-refractivity contribution < 1.29 is 9.53 Å². The molecule has 3 nitrogen and oxygen atoms in total. The second-order valence-electron chi connectivity index (χ2n) is 4.25. The number of anilines is 1. The Morgan fingerprint density at radius 2 is 1.68 bits per heavy atom. The molecule has 0 bridgehead atoms. The zero-order chi connectivity index (χ0) is 13.7. The van der Waals surface area contributed by atoms with Gasteiger partial charge < -0.3 is 10.1 Å². The number of nitrogens with one attached hydrogen (secondary N) is 1. The maximum absolute atomic E-state index is 12.1. The third-order valence-electron chi connectivity index (χ3n) is 2.97. The van der Waals surface area contributed by atoms with E-state index in [0.717, 1.165) is 11.3 Å². The van der Waals surface area contributed by atoms with Crippen molar-refractivity contribution in [3.05, 3.63) is 65.7 Å². The van der Waals surface area contributed by atoms with Crippen molar-refractivity contribution in [1.82, 2.24) is 0 Å². The molecule has 0 amide bonds. The quantitative estimate of drug-likeness (QED) is 0.847. The Kier molecular flexibility index (Phi) is 4.18. The molecule has 2 rings (SSSR count). The van der Waals surface area contributed by atoms with Gasteiger partial charge in [-0.1, -0.05) is 42.5 Å². The van der Waals surface area contributed by atoms with Crippen LogP contribution in [0.25, 0.3) is 0 Å². The van der Waals surface area contributed by atoms with Gasteiger partial charge >= 0.3 is 5.97 Å². The van der Waals surface area contributed by atoms with E-state index in [2.05, 4.69) is 5.32 Å². The van der Waals surface area contributed by atoms with Crippen molar-refractivity contribution in [3.63, 3.8) is 0 Å². The van der Waals surface area contributed by atoms with Crippen LogP contribution in [-0.4, -0.2) is 13.0 Å². The van der Waals surface area contributed by atoms with Crippen LogP contribution in [0, 0.1) is 0 Å². The summed E-state index contributed by atoms with van der Waals surface area (Å²) in [6.07, 6.45) is -0.265. The van der Waals surface area contributed by atoms with Gasteiger partial charge in [-0.2, -0.15) is 0 Å². The summed E-state index contributed by atoms with van der Waals surface area (Å²) < 4.78 is 5.49. The summed E-state index contributed by atoms with van der Waals surface area (Å²) in [5.74, 6) is -0.318. The molecule has 98 valence electrons. The largest absolute Gasteiger partial charge is 0.454 e. The molecule has 3 heteroatoms. The summed E-state index contributed by atoms with van der Waals surface area (Å²) in [6.45, 7) is 1.87. The van der Waals surface area contributed by atoms with Crippen molar-refractivity contribution in [3.8, 4) is 0 Å². The molecule has 2 aromatic rings. The minimum Gasteiger partial charge on any atom is -0.454 e. The lowest BCUT2D eigenvalue weighted by Gasteiger charge is -2.15. The van der Waals surface area contributed by atoms with Gasteiger partial charge in [0.2, 0.25) is 0 Å². The monoisotopic (exact) mass is 255 g/mol. The summed E-state index contributed by atoms with van der Waals surface area (Å²) in [4.78, 5) is 12.1. The average molecular weight is 255 g/mol. The summed E-state index contributed by atoms with van der Waals surface area (Å²) in [7, 11) is 1.78. The first-order valence-electron chi connectivity index (χ1n) is 6.25. The lowest BCUT2D eigenvalue weighted by molar-refractivity contribution is 0.0339. The van der Waals surface area contributed by atoms with Gasteiger partial charge in [0, 0.05) is 12.7 Å². The number of para-hydroxylation sites is 1. The number of benzene rings is 2. The minimum absolute atomic E-state index is 0.265. The molecule has 0 aliphatic rings. The zero-order valence-electron chi connectivity index (χ0n) is 11.1. The Morgan fingerprint density at radius 3 is 2.37 bits per heavy atom. The Labute approximate surface area is 113 Å². The smallest absolute Gasteiger partial charge is 0.340 e. The highest BCUT2D eigenvalue weighted by Crippen LogP contribution is 2.21. The van der Waals surface area contributed by atoms with Crippen LogP contribution in [0.1, 0.15) is 28.9 Å². The number of ether oxygens (including phenoxy) is 1. The van der Waals surface area contributed by atoms with Crippen LogP contribution in [-0.2, 0) is 4.74 Å². The SMILES string of the molecule is CNc1ccccc1C(=O)OC(C)c1ccccc1. The summed E-state index contributed by atoms with van der Waals surface area (Å²) in [5.41, 5.74) is 2.30. The number of carbonyl (C=O) groups is 1. The molecule has 0 aliphatic carbocycles. The lowest BCUT2D eigenvalue weighted by Crippen LogP contribution is -2.11. The molecule has 0 spiro atoms. The number of rotatable bonds is 4. The fourth-order valence-corrected chi connectivity index (χ4v) is 1.90. The highest BCUT2D eigenvalue weighted by molar-refractivity contribution is 5.95. The summed E-state index contributed by atoms with van der Waals surface area (Å²) >= 11 is 0. The highest BCUT2D eigenvalue weighted by atomic mass is 16.5. The topological polar surface area (TPSA) is 38.3 Å². The van der Waals surface area contributed by atoms with Gasteiger partial charge in [-0.15, -0.1) is 0 Å². The molecule has 0 saturated carbocycles. The van der Waals surface area contributed by atoms with E-state index < -0.39 is 0 Å². The van der Waals surface area contributed by atoms with Gasteiger partial charge in [-0.05, 0) is 24.6 Å². The molecule has 19 heavy (non-hydrogen) atoms. The maximum atomic E-state index is 12.1. The molecule has 0 radical (unpaired) electrons. The molecule has 2 aromatic carbocycles. The molecule has 0 heterocycles. The first kappa shape index (κ1) is 13.1. The highest BCUT2D eigenvalue weighted by Gasteiger charge is 2.15. The van der Waals surface area contributed by atoms with E-state index in [1.807, 2.05) is 55.5 Å². The van der Waals surface area contributed by atoms with E-state index in [0.29, 0.717) is 5.56 Å². The van der Waals surface area contributed by atoms with Crippen LogP contribution in [0.2, 0.25) is 0 Å². The Hall–Kier alpha value is -2.29. The second kappa shape index (κ2) is 6.05. The van der Waals surface area contributed by atoms with Gasteiger partial charge in [-0.25, -0.2) is 4.79 Å². The van der Waals surface area contributed by atoms with Crippen molar-refractivity contribution in [2.24, 2.45) is 0 Å². The molecule has 0 aliphatic heterocycles. The van der Waals surface area contributed by atoms with E-state index in [4.69, 9.17) is 4.74 Å². The predicted octanol–water partition coefficient (Wildman–Crippen LogP) is 3.65. The van der Waals surface area contributed by atoms with Crippen molar-refractivity contribution >= 4 is 11.7 Å².